The van der Waals surface area contributed by atoms with Crippen LogP contribution >= 0.6 is 0 Å². The second kappa shape index (κ2) is 6.89. The van der Waals surface area contributed by atoms with E-state index in [0.29, 0.717) is 6.61 Å². The molecule has 4 heteroatoms. The number of rotatable bonds is 6. The van der Waals surface area contributed by atoms with Gasteiger partial charge in [-0.2, -0.15) is 0 Å². The fourth-order valence-electron chi connectivity index (χ4n) is 2.59. The van der Waals surface area contributed by atoms with E-state index in [0.717, 1.165) is 37.6 Å². The molecule has 0 aromatic heterocycles. The highest BCUT2D eigenvalue weighted by Crippen LogP contribution is 2.32. The molecular weight excluding hydrogens is 240 g/mol. The zero-order chi connectivity index (χ0) is 13.7. The van der Waals surface area contributed by atoms with Gasteiger partial charge in [0.1, 0.15) is 12.4 Å². The van der Waals surface area contributed by atoms with Gasteiger partial charge in [0.25, 0.3) is 0 Å². The van der Waals surface area contributed by atoms with Gasteiger partial charge in [-0.15, -0.1) is 0 Å². The van der Waals surface area contributed by atoms with Crippen molar-refractivity contribution in [2.24, 2.45) is 5.73 Å². The Hall–Kier alpha value is -1.10. The molecule has 1 aliphatic heterocycles. The average molecular weight is 264 g/mol. The van der Waals surface area contributed by atoms with E-state index in [2.05, 4.69) is 17.9 Å². The molecule has 106 valence electrons. The topological polar surface area (TPSA) is 47.7 Å². The first-order valence-corrected chi connectivity index (χ1v) is 7.07. The van der Waals surface area contributed by atoms with Gasteiger partial charge < -0.3 is 15.2 Å². The van der Waals surface area contributed by atoms with Gasteiger partial charge in [0, 0.05) is 18.7 Å². The maximum absolute atomic E-state index is 6.41. The highest BCUT2D eigenvalue weighted by Gasteiger charge is 2.31. The Bertz CT molecular complexity index is 397. The summed E-state index contributed by atoms with van der Waals surface area (Å²) in [6.45, 7) is 8.17. The predicted molar refractivity (Wildman–Crippen MR) is 76.4 cm³/mol. The van der Waals surface area contributed by atoms with Crippen LogP contribution in [0.2, 0.25) is 0 Å². The molecule has 4 nitrogen and oxygen atoms in total. The Labute approximate surface area is 115 Å². The molecule has 1 aliphatic rings. The van der Waals surface area contributed by atoms with Gasteiger partial charge in [0.05, 0.1) is 18.7 Å². The Kier molecular flexibility index (Phi) is 5.19. The fraction of sp³-hybridized carbons (Fsp3) is 0.600. The lowest BCUT2D eigenvalue weighted by molar-refractivity contribution is 0.0615. The molecule has 0 spiro atoms. The molecule has 0 radical (unpaired) electrons. The number of likely N-dealkylation sites (N-methyl/N-ethyl adjacent to an activating group) is 1. The third kappa shape index (κ3) is 3.26. The van der Waals surface area contributed by atoms with Gasteiger partial charge in [-0.3, -0.25) is 4.90 Å². The summed E-state index contributed by atoms with van der Waals surface area (Å²) in [7, 11) is 0. The molecule has 0 fully saturated rings. The molecule has 1 aromatic rings. The lowest BCUT2D eigenvalue weighted by atomic mass is 9.96. The largest absolute Gasteiger partial charge is 0.492 e. The van der Waals surface area contributed by atoms with Gasteiger partial charge in [-0.05, 0) is 19.5 Å². The fourth-order valence-corrected chi connectivity index (χ4v) is 2.59. The van der Waals surface area contributed by atoms with E-state index in [4.69, 9.17) is 15.2 Å². The smallest absolute Gasteiger partial charge is 0.124 e. The summed E-state index contributed by atoms with van der Waals surface area (Å²) in [6, 6.07) is 8.27. The number of nitrogens with zero attached hydrogens (tertiary/aromatic N) is 1. The van der Waals surface area contributed by atoms with Gasteiger partial charge in [0.2, 0.25) is 0 Å². The third-order valence-electron chi connectivity index (χ3n) is 3.70. The van der Waals surface area contributed by atoms with Crippen LogP contribution in [0.25, 0.3) is 0 Å². The molecule has 0 saturated carbocycles. The van der Waals surface area contributed by atoms with Crippen LogP contribution in [-0.4, -0.2) is 43.9 Å². The molecule has 0 saturated heterocycles. The second-order valence-corrected chi connectivity index (χ2v) is 4.77. The molecule has 2 N–H and O–H groups in total. The summed E-state index contributed by atoms with van der Waals surface area (Å²) in [5, 5.41) is 0. The first kappa shape index (κ1) is 14.3. The maximum Gasteiger partial charge on any atom is 0.124 e. The van der Waals surface area contributed by atoms with Crippen LogP contribution < -0.4 is 10.5 Å². The van der Waals surface area contributed by atoms with Gasteiger partial charge in [0.15, 0.2) is 0 Å². The summed E-state index contributed by atoms with van der Waals surface area (Å²) in [4.78, 5) is 2.34. The predicted octanol–water partition coefficient (Wildman–Crippen LogP) is 1.81. The Morgan fingerprint density at radius 2 is 2.16 bits per heavy atom. The zero-order valence-electron chi connectivity index (χ0n) is 11.8. The van der Waals surface area contributed by atoms with Crippen molar-refractivity contribution in [3.8, 4) is 5.75 Å². The monoisotopic (exact) mass is 264 g/mol. The quantitative estimate of drug-likeness (QED) is 0.796. The van der Waals surface area contributed by atoms with Crippen molar-refractivity contribution in [3.05, 3.63) is 29.8 Å². The third-order valence-corrected chi connectivity index (χ3v) is 3.70. The van der Waals surface area contributed by atoms with E-state index in [1.807, 2.05) is 25.1 Å². The number of ether oxygens (including phenoxy) is 2. The zero-order valence-corrected chi connectivity index (χ0v) is 11.8. The Balaban J connectivity index is 2.04. The van der Waals surface area contributed by atoms with Crippen molar-refractivity contribution in [1.82, 2.24) is 4.90 Å². The second-order valence-electron chi connectivity index (χ2n) is 4.77. The minimum absolute atomic E-state index is 0.00604. The molecular formula is C15H24N2O2. The summed E-state index contributed by atoms with van der Waals surface area (Å²) >= 11 is 0. The van der Waals surface area contributed by atoms with Crippen LogP contribution in [-0.2, 0) is 4.74 Å². The summed E-state index contributed by atoms with van der Waals surface area (Å²) in [5.74, 6) is 0.923. The molecule has 2 unspecified atom stereocenters. The summed E-state index contributed by atoms with van der Waals surface area (Å²) < 4.78 is 11.3. The van der Waals surface area contributed by atoms with Crippen LogP contribution in [0, 0.1) is 0 Å². The van der Waals surface area contributed by atoms with Crippen LogP contribution in [0.15, 0.2) is 24.3 Å². The average Bonchev–Trinajstić information content (AvgIpc) is 2.45. The van der Waals surface area contributed by atoms with Crippen molar-refractivity contribution in [2.75, 3.05) is 32.9 Å². The summed E-state index contributed by atoms with van der Waals surface area (Å²) in [5.41, 5.74) is 7.51. The Morgan fingerprint density at radius 3 is 2.89 bits per heavy atom. The maximum atomic E-state index is 6.41. The Morgan fingerprint density at radius 1 is 1.37 bits per heavy atom. The standard InChI is InChI=1S/C15H24N2O2/c1-3-17(9-10-18-4-2)13-11-19-14-8-6-5-7-12(14)15(13)16/h5-8,13,15H,3-4,9-11,16H2,1-2H3. The van der Waals surface area contributed by atoms with Crippen LogP contribution in [0.3, 0.4) is 0 Å². The molecule has 2 atom stereocenters. The van der Waals surface area contributed by atoms with Crippen molar-refractivity contribution in [2.45, 2.75) is 25.9 Å². The highest BCUT2D eigenvalue weighted by molar-refractivity contribution is 5.38. The van der Waals surface area contributed by atoms with E-state index in [1.54, 1.807) is 0 Å². The minimum Gasteiger partial charge on any atom is -0.492 e. The first-order chi connectivity index (χ1) is 9.27. The van der Waals surface area contributed by atoms with Crippen LogP contribution in [0.4, 0.5) is 0 Å². The van der Waals surface area contributed by atoms with Crippen molar-refractivity contribution < 1.29 is 9.47 Å². The molecule has 19 heavy (non-hydrogen) atoms. The number of hydrogen-bond donors (Lipinski definition) is 1. The highest BCUT2D eigenvalue weighted by atomic mass is 16.5. The van der Waals surface area contributed by atoms with Gasteiger partial charge >= 0.3 is 0 Å². The molecule has 1 aromatic carbocycles. The number of nitrogens with two attached hydrogens (primary N) is 1. The molecule has 2 rings (SSSR count). The van der Waals surface area contributed by atoms with Crippen molar-refractivity contribution in [3.63, 3.8) is 0 Å². The van der Waals surface area contributed by atoms with Gasteiger partial charge in [-0.1, -0.05) is 25.1 Å². The molecule has 0 bridgehead atoms. The van der Waals surface area contributed by atoms with Crippen LogP contribution in [0.5, 0.6) is 5.75 Å². The number of para-hydroxylation sites is 1. The number of benzene rings is 1. The molecule has 0 aliphatic carbocycles. The number of hydrogen-bond acceptors (Lipinski definition) is 4. The van der Waals surface area contributed by atoms with Crippen LogP contribution in [0.1, 0.15) is 25.5 Å². The first-order valence-electron chi connectivity index (χ1n) is 7.07. The van der Waals surface area contributed by atoms with Crippen molar-refractivity contribution in [1.29, 1.82) is 0 Å². The normalized spacial score (nSPS) is 22.1. The lowest BCUT2D eigenvalue weighted by Crippen LogP contribution is -2.49. The van der Waals surface area contributed by atoms with E-state index in [-0.39, 0.29) is 12.1 Å². The van der Waals surface area contributed by atoms with E-state index < -0.39 is 0 Å². The SMILES string of the molecule is CCOCCN(CC)C1COc2ccccc2C1N. The molecule has 1 heterocycles. The van der Waals surface area contributed by atoms with Gasteiger partial charge in [-0.25, -0.2) is 0 Å². The summed E-state index contributed by atoms with van der Waals surface area (Å²) in [6.07, 6.45) is 0. The van der Waals surface area contributed by atoms with E-state index in [9.17, 15) is 0 Å². The van der Waals surface area contributed by atoms with E-state index >= 15 is 0 Å². The molecule has 0 amide bonds. The van der Waals surface area contributed by atoms with Crippen molar-refractivity contribution >= 4 is 0 Å². The lowest BCUT2D eigenvalue weighted by Gasteiger charge is -2.38. The number of fused-ring (bicyclic) bond motifs is 1. The minimum atomic E-state index is 0.00604. The van der Waals surface area contributed by atoms with E-state index in [1.165, 1.54) is 0 Å².